The molecule has 1 fully saturated rings. The molecule has 5 nitrogen and oxygen atoms in total. The van der Waals surface area contributed by atoms with Crippen molar-refractivity contribution in [2.45, 2.75) is 19.4 Å². The van der Waals surface area contributed by atoms with Crippen molar-refractivity contribution in [2.24, 2.45) is 0 Å². The fraction of sp³-hybridized carbons (Fsp3) is 0.533. The van der Waals surface area contributed by atoms with E-state index in [0.29, 0.717) is 24.4 Å². The zero-order valence-electron chi connectivity index (χ0n) is 12.4. The molecule has 1 aromatic rings. The molecule has 0 saturated carbocycles. The van der Waals surface area contributed by atoms with Crippen LogP contribution in [-0.2, 0) is 4.74 Å². The molecule has 2 N–H and O–H groups in total. The van der Waals surface area contributed by atoms with Crippen LogP contribution in [0.1, 0.15) is 23.7 Å². The number of rotatable bonds is 2. The molecule has 0 radical (unpaired) electrons. The van der Waals surface area contributed by atoms with Crippen molar-refractivity contribution in [1.82, 2.24) is 4.90 Å². The van der Waals surface area contributed by atoms with Crippen LogP contribution >= 0.6 is 0 Å². The molecule has 2 rings (SSSR count). The largest absolute Gasteiger partial charge is 0.397 e. The summed E-state index contributed by atoms with van der Waals surface area (Å²) < 4.78 is 5.57. The van der Waals surface area contributed by atoms with Crippen LogP contribution in [0.15, 0.2) is 18.2 Å². The molecule has 0 aliphatic carbocycles. The zero-order valence-corrected chi connectivity index (χ0v) is 12.4. The average Bonchev–Trinajstić information content (AvgIpc) is 2.62. The molecule has 1 aromatic carbocycles. The highest BCUT2D eigenvalue weighted by Gasteiger charge is 2.21. The molecule has 1 heterocycles. The minimum Gasteiger partial charge on any atom is -0.397 e. The number of nitrogens with zero attached hydrogens (tertiary/aromatic N) is 2. The molecule has 1 atom stereocenters. The number of nitrogen functional groups attached to an aromatic ring is 1. The third-order valence-corrected chi connectivity index (χ3v) is 3.50. The predicted octanol–water partition coefficient (Wildman–Crippen LogP) is 1.59. The molecule has 20 heavy (non-hydrogen) atoms. The van der Waals surface area contributed by atoms with Crippen LogP contribution in [0, 0.1) is 0 Å². The monoisotopic (exact) mass is 277 g/mol. The van der Waals surface area contributed by atoms with Gasteiger partial charge >= 0.3 is 0 Å². The van der Waals surface area contributed by atoms with Gasteiger partial charge in [-0.2, -0.15) is 0 Å². The maximum Gasteiger partial charge on any atom is 0.254 e. The minimum atomic E-state index is 0.0272. The standard InChI is InChI=1S/C15H23N3O2/c1-11-10-18(7-4-8-20-11)15(19)12-5-6-14(17(2)3)13(16)9-12/h5-6,9,11H,4,7-8,10,16H2,1-3H3. The highest BCUT2D eigenvalue weighted by Crippen LogP contribution is 2.23. The fourth-order valence-corrected chi connectivity index (χ4v) is 2.46. The summed E-state index contributed by atoms with van der Waals surface area (Å²) in [5, 5.41) is 0. The van der Waals surface area contributed by atoms with Crippen LogP contribution in [0.4, 0.5) is 11.4 Å². The summed E-state index contributed by atoms with van der Waals surface area (Å²) >= 11 is 0. The molecular formula is C15H23N3O2. The number of nitrogens with two attached hydrogens (primary N) is 1. The number of hydrogen-bond donors (Lipinski definition) is 1. The second kappa shape index (κ2) is 6.13. The summed E-state index contributed by atoms with van der Waals surface area (Å²) in [6.45, 7) is 4.08. The molecule has 110 valence electrons. The Morgan fingerprint density at radius 1 is 1.45 bits per heavy atom. The number of ether oxygens (including phenoxy) is 1. The van der Waals surface area contributed by atoms with Crippen molar-refractivity contribution in [3.05, 3.63) is 23.8 Å². The van der Waals surface area contributed by atoms with Crippen LogP contribution in [0.25, 0.3) is 0 Å². The lowest BCUT2D eigenvalue weighted by atomic mass is 10.1. The van der Waals surface area contributed by atoms with Gasteiger partial charge in [0.15, 0.2) is 0 Å². The van der Waals surface area contributed by atoms with E-state index in [-0.39, 0.29) is 12.0 Å². The Bertz CT molecular complexity index is 488. The van der Waals surface area contributed by atoms with Gasteiger partial charge in [0.05, 0.1) is 17.5 Å². The maximum atomic E-state index is 12.5. The SMILES string of the molecule is CC1CN(C(=O)c2ccc(N(C)C)c(N)c2)CCCO1. The first kappa shape index (κ1) is 14.7. The predicted molar refractivity (Wildman–Crippen MR) is 81.1 cm³/mol. The Morgan fingerprint density at radius 3 is 2.85 bits per heavy atom. The number of carbonyl (C=O) groups excluding carboxylic acids is 1. The fourth-order valence-electron chi connectivity index (χ4n) is 2.46. The summed E-state index contributed by atoms with van der Waals surface area (Å²) in [6.07, 6.45) is 0.960. The van der Waals surface area contributed by atoms with Gasteiger partial charge in [-0.1, -0.05) is 0 Å². The smallest absolute Gasteiger partial charge is 0.254 e. The van der Waals surface area contributed by atoms with E-state index in [1.165, 1.54) is 0 Å². The molecular weight excluding hydrogens is 254 g/mol. The van der Waals surface area contributed by atoms with E-state index in [1.54, 1.807) is 6.07 Å². The molecule has 1 aliphatic heterocycles. The Balaban J connectivity index is 2.18. The third kappa shape index (κ3) is 3.22. The van der Waals surface area contributed by atoms with Gasteiger partial charge in [0, 0.05) is 39.4 Å². The van der Waals surface area contributed by atoms with Crippen molar-refractivity contribution in [2.75, 3.05) is 44.4 Å². The van der Waals surface area contributed by atoms with Gasteiger partial charge in [-0.05, 0) is 31.5 Å². The minimum absolute atomic E-state index is 0.0272. The highest BCUT2D eigenvalue weighted by atomic mass is 16.5. The number of carbonyl (C=O) groups is 1. The van der Waals surface area contributed by atoms with Crippen molar-refractivity contribution < 1.29 is 9.53 Å². The summed E-state index contributed by atoms with van der Waals surface area (Å²) in [7, 11) is 3.86. The summed E-state index contributed by atoms with van der Waals surface area (Å²) in [5.74, 6) is 0.0272. The van der Waals surface area contributed by atoms with Gasteiger partial charge in [0.1, 0.15) is 0 Å². The van der Waals surface area contributed by atoms with Crippen molar-refractivity contribution in [1.29, 1.82) is 0 Å². The van der Waals surface area contributed by atoms with Gasteiger partial charge in [0.2, 0.25) is 0 Å². The van der Waals surface area contributed by atoms with Crippen molar-refractivity contribution in [3.63, 3.8) is 0 Å². The third-order valence-electron chi connectivity index (χ3n) is 3.50. The topological polar surface area (TPSA) is 58.8 Å². The Hall–Kier alpha value is -1.75. The first-order valence-corrected chi connectivity index (χ1v) is 6.96. The van der Waals surface area contributed by atoms with E-state index in [2.05, 4.69) is 0 Å². The first-order chi connectivity index (χ1) is 9.49. The molecule has 1 amide bonds. The second-order valence-electron chi connectivity index (χ2n) is 5.45. The Labute approximate surface area is 120 Å². The molecule has 5 heteroatoms. The number of hydrogen-bond acceptors (Lipinski definition) is 4. The van der Waals surface area contributed by atoms with E-state index in [0.717, 1.165) is 18.7 Å². The lowest BCUT2D eigenvalue weighted by molar-refractivity contribution is 0.0563. The molecule has 1 unspecified atom stereocenters. The summed E-state index contributed by atoms with van der Waals surface area (Å²) in [6, 6.07) is 5.48. The van der Waals surface area contributed by atoms with E-state index in [4.69, 9.17) is 10.5 Å². The van der Waals surface area contributed by atoms with Crippen LogP contribution in [-0.4, -0.2) is 50.7 Å². The van der Waals surface area contributed by atoms with Crippen LogP contribution in [0.5, 0.6) is 0 Å². The van der Waals surface area contributed by atoms with Gasteiger partial charge < -0.3 is 20.3 Å². The van der Waals surface area contributed by atoms with Gasteiger partial charge in [-0.15, -0.1) is 0 Å². The Kier molecular flexibility index (Phi) is 4.49. The molecule has 0 spiro atoms. The van der Waals surface area contributed by atoms with Gasteiger partial charge in [0.25, 0.3) is 5.91 Å². The van der Waals surface area contributed by atoms with Crippen LogP contribution < -0.4 is 10.6 Å². The quantitative estimate of drug-likeness (QED) is 0.834. The number of benzene rings is 1. The first-order valence-electron chi connectivity index (χ1n) is 6.96. The number of anilines is 2. The molecule has 1 aliphatic rings. The Morgan fingerprint density at radius 2 is 2.20 bits per heavy atom. The van der Waals surface area contributed by atoms with E-state index < -0.39 is 0 Å². The zero-order chi connectivity index (χ0) is 14.7. The maximum absolute atomic E-state index is 12.5. The molecule has 1 saturated heterocycles. The van der Waals surface area contributed by atoms with Crippen LogP contribution in [0.3, 0.4) is 0 Å². The number of amides is 1. The lowest BCUT2D eigenvalue weighted by Gasteiger charge is -2.23. The normalized spacial score (nSPS) is 19.6. The van der Waals surface area contributed by atoms with Crippen LogP contribution in [0.2, 0.25) is 0 Å². The second-order valence-corrected chi connectivity index (χ2v) is 5.45. The van der Waals surface area contributed by atoms with Crippen molar-refractivity contribution in [3.8, 4) is 0 Å². The van der Waals surface area contributed by atoms with E-state index in [1.807, 2.05) is 43.0 Å². The molecule has 0 bridgehead atoms. The van der Waals surface area contributed by atoms with Crippen molar-refractivity contribution >= 4 is 17.3 Å². The lowest BCUT2D eigenvalue weighted by Crippen LogP contribution is -2.36. The van der Waals surface area contributed by atoms with Gasteiger partial charge in [-0.25, -0.2) is 0 Å². The van der Waals surface area contributed by atoms with E-state index in [9.17, 15) is 4.79 Å². The van der Waals surface area contributed by atoms with E-state index >= 15 is 0 Å². The highest BCUT2D eigenvalue weighted by molar-refractivity contribution is 5.96. The van der Waals surface area contributed by atoms with Gasteiger partial charge in [-0.3, -0.25) is 4.79 Å². The molecule has 0 aromatic heterocycles. The summed E-state index contributed by atoms with van der Waals surface area (Å²) in [4.78, 5) is 16.3. The summed E-state index contributed by atoms with van der Waals surface area (Å²) in [5.41, 5.74) is 8.20. The average molecular weight is 277 g/mol.